The van der Waals surface area contributed by atoms with Crippen LogP contribution in [0.2, 0.25) is 0 Å². The Morgan fingerprint density at radius 1 is 1.16 bits per heavy atom. The maximum atomic E-state index is 11.3. The number of nitrogens with zero attached hydrogens (tertiary/aromatic N) is 2. The number of rotatable bonds is 5. The third-order valence-electron chi connectivity index (χ3n) is 2.53. The highest BCUT2D eigenvalue weighted by atomic mass is 32.2. The number of carbonyl (C=O) groups is 1. The van der Waals surface area contributed by atoms with Crippen LogP contribution in [0.25, 0.3) is 0 Å². The van der Waals surface area contributed by atoms with Gasteiger partial charge in [-0.1, -0.05) is 36.0 Å². The van der Waals surface area contributed by atoms with Crippen molar-refractivity contribution in [2.45, 2.75) is 17.3 Å². The monoisotopic (exact) mass is 274 g/mol. The summed E-state index contributed by atoms with van der Waals surface area (Å²) in [5.74, 6) is 5.63. The molecule has 0 spiro atoms. The van der Waals surface area contributed by atoms with Crippen molar-refractivity contribution in [1.29, 1.82) is 0 Å². The molecule has 0 saturated heterocycles. The van der Waals surface area contributed by atoms with Crippen LogP contribution in [0.3, 0.4) is 0 Å². The van der Waals surface area contributed by atoms with Crippen LogP contribution in [0.15, 0.2) is 47.9 Å². The fraction of sp³-hybridized carbons (Fsp3) is 0.154. The Labute approximate surface area is 115 Å². The number of thioether (sulfide) groups is 1. The largest absolute Gasteiger partial charge is 0.294 e. The van der Waals surface area contributed by atoms with Gasteiger partial charge in [0.2, 0.25) is 5.91 Å². The SMILES string of the molecule is NNC(=O)Cc1ccccc1CSc1ncccn1. The van der Waals surface area contributed by atoms with Crippen LogP contribution >= 0.6 is 11.8 Å². The van der Waals surface area contributed by atoms with E-state index in [9.17, 15) is 4.79 Å². The predicted octanol–water partition coefficient (Wildman–Crippen LogP) is 1.30. The predicted molar refractivity (Wildman–Crippen MR) is 74.1 cm³/mol. The van der Waals surface area contributed by atoms with Crippen LogP contribution in [-0.4, -0.2) is 15.9 Å². The summed E-state index contributed by atoms with van der Waals surface area (Å²) in [5, 5.41) is 0.723. The summed E-state index contributed by atoms with van der Waals surface area (Å²) >= 11 is 1.54. The Morgan fingerprint density at radius 2 is 1.84 bits per heavy atom. The van der Waals surface area contributed by atoms with Crippen molar-refractivity contribution in [1.82, 2.24) is 15.4 Å². The molecule has 0 atom stereocenters. The molecule has 1 heterocycles. The minimum absolute atomic E-state index is 0.201. The first-order chi connectivity index (χ1) is 9.29. The van der Waals surface area contributed by atoms with E-state index in [1.807, 2.05) is 24.3 Å². The second-order valence-electron chi connectivity index (χ2n) is 3.83. The van der Waals surface area contributed by atoms with E-state index < -0.39 is 0 Å². The van der Waals surface area contributed by atoms with Gasteiger partial charge < -0.3 is 0 Å². The first kappa shape index (κ1) is 13.5. The van der Waals surface area contributed by atoms with Gasteiger partial charge in [-0.3, -0.25) is 10.2 Å². The van der Waals surface area contributed by atoms with Gasteiger partial charge in [0, 0.05) is 18.1 Å². The molecule has 0 saturated carbocycles. The van der Waals surface area contributed by atoms with E-state index in [2.05, 4.69) is 15.4 Å². The smallest absolute Gasteiger partial charge is 0.238 e. The van der Waals surface area contributed by atoms with Crippen LogP contribution in [0.5, 0.6) is 0 Å². The molecule has 0 aliphatic rings. The first-order valence-electron chi connectivity index (χ1n) is 5.75. The molecule has 5 nitrogen and oxygen atoms in total. The number of amides is 1. The number of nitrogens with two attached hydrogens (primary N) is 1. The molecule has 19 heavy (non-hydrogen) atoms. The van der Waals surface area contributed by atoms with Gasteiger partial charge in [-0.15, -0.1) is 0 Å². The van der Waals surface area contributed by atoms with Gasteiger partial charge in [-0.2, -0.15) is 0 Å². The highest BCUT2D eigenvalue weighted by Gasteiger charge is 2.07. The van der Waals surface area contributed by atoms with Gasteiger partial charge in [-0.25, -0.2) is 15.8 Å². The third kappa shape index (κ3) is 4.04. The van der Waals surface area contributed by atoms with Gasteiger partial charge in [-0.05, 0) is 17.2 Å². The molecule has 1 aromatic heterocycles. The van der Waals surface area contributed by atoms with Crippen LogP contribution < -0.4 is 11.3 Å². The van der Waals surface area contributed by atoms with Gasteiger partial charge in [0.15, 0.2) is 5.16 Å². The van der Waals surface area contributed by atoms with Gasteiger partial charge in [0.05, 0.1) is 6.42 Å². The zero-order valence-electron chi connectivity index (χ0n) is 10.2. The first-order valence-corrected chi connectivity index (χ1v) is 6.74. The Kier molecular flexibility index (Phi) is 4.88. The van der Waals surface area contributed by atoms with Gasteiger partial charge >= 0.3 is 0 Å². The van der Waals surface area contributed by atoms with Crippen molar-refractivity contribution in [2.24, 2.45) is 5.84 Å². The fourth-order valence-electron chi connectivity index (χ4n) is 1.60. The van der Waals surface area contributed by atoms with Crippen LogP contribution in [0.1, 0.15) is 11.1 Å². The third-order valence-corrected chi connectivity index (χ3v) is 3.45. The minimum Gasteiger partial charge on any atom is -0.294 e. The molecule has 0 aliphatic heterocycles. The summed E-state index contributed by atoms with van der Waals surface area (Å²) < 4.78 is 0. The lowest BCUT2D eigenvalue weighted by Gasteiger charge is -2.07. The van der Waals surface area contributed by atoms with E-state index in [1.54, 1.807) is 18.5 Å². The normalized spacial score (nSPS) is 10.2. The topological polar surface area (TPSA) is 80.9 Å². The van der Waals surface area contributed by atoms with Gasteiger partial charge in [0.1, 0.15) is 0 Å². The maximum absolute atomic E-state index is 11.3. The molecule has 0 aliphatic carbocycles. The van der Waals surface area contributed by atoms with Crippen molar-refractivity contribution < 1.29 is 4.79 Å². The number of nitrogens with one attached hydrogen (secondary N) is 1. The second-order valence-corrected chi connectivity index (χ2v) is 4.78. The molecule has 6 heteroatoms. The number of benzene rings is 1. The maximum Gasteiger partial charge on any atom is 0.238 e. The fourth-order valence-corrected chi connectivity index (χ4v) is 2.43. The van der Waals surface area contributed by atoms with E-state index in [-0.39, 0.29) is 12.3 Å². The quantitative estimate of drug-likeness (QED) is 0.282. The van der Waals surface area contributed by atoms with Gasteiger partial charge in [0.25, 0.3) is 0 Å². The summed E-state index contributed by atoms with van der Waals surface area (Å²) in [5.41, 5.74) is 4.20. The van der Waals surface area contributed by atoms with Crippen molar-refractivity contribution in [3.63, 3.8) is 0 Å². The lowest BCUT2D eigenvalue weighted by Crippen LogP contribution is -2.31. The molecule has 0 fully saturated rings. The summed E-state index contributed by atoms with van der Waals surface area (Å²) in [6, 6.07) is 9.56. The van der Waals surface area contributed by atoms with Crippen LogP contribution in [0.4, 0.5) is 0 Å². The standard InChI is InChI=1S/C13H14N4OS/c14-17-12(18)8-10-4-1-2-5-11(10)9-19-13-15-6-3-7-16-13/h1-7H,8-9,14H2,(H,17,18). The number of carbonyl (C=O) groups excluding carboxylic acids is 1. The van der Waals surface area contributed by atoms with Crippen LogP contribution in [-0.2, 0) is 17.0 Å². The molecule has 3 N–H and O–H groups in total. The lowest BCUT2D eigenvalue weighted by molar-refractivity contribution is -0.120. The van der Waals surface area contributed by atoms with Crippen molar-refractivity contribution in [3.05, 3.63) is 53.9 Å². The van der Waals surface area contributed by atoms with Crippen molar-refractivity contribution in [3.8, 4) is 0 Å². The molecule has 0 radical (unpaired) electrons. The van der Waals surface area contributed by atoms with E-state index in [0.717, 1.165) is 22.0 Å². The summed E-state index contributed by atoms with van der Waals surface area (Å²) in [6.45, 7) is 0. The van der Waals surface area contributed by atoms with E-state index >= 15 is 0 Å². The van der Waals surface area contributed by atoms with E-state index in [0.29, 0.717) is 0 Å². The Balaban J connectivity index is 2.05. The van der Waals surface area contributed by atoms with E-state index in [1.165, 1.54) is 11.8 Å². The summed E-state index contributed by atoms with van der Waals surface area (Å²) in [6.07, 6.45) is 3.70. The molecule has 2 rings (SSSR count). The second kappa shape index (κ2) is 6.86. The minimum atomic E-state index is -0.201. The Hall–Kier alpha value is -1.92. The Bertz CT molecular complexity index is 547. The van der Waals surface area contributed by atoms with E-state index in [4.69, 9.17) is 5.84 Å². The lowest BCUT2D eigenvalue weighted by atomic mass is 10.1. The van der Waals surface area contributed by atoms with Crippen LogP contribution in [0, 0.1) is 0 Å². The molecule has 0 unspecified atom stereocenters. The van der Waals surface area contributed by atoms with Crippen molar-refractivity contribution in [2.75, 3.05) is 0 Å². The van der Waals surface area contributed by atoms with Crippen molar-refractivity contribution >= 4 is 17.7 Å². The number of hydrogen-bond donors (Lipinski definition) is 2. The number of hydrogen-bond acceptors (Lipinski definition) is 5. The molecule has 1 aromatic carbocycles. The molecular formula is C13H14N4OS. The number of hydrazine groups is 1. The zero-order chi connectivity index (χ0) is 13.5. The number of aromatic nitrogens is 2. The highest BCUT2D eigenvalue weighted by Crippen LogP contribution is 2.21. The molecule has 98 valence electrons. The highest BCUT2D eigenvalue weighted by molar-refractivity contribution is 7.98. The molecule has 1 amide bonds. The Morgan fingerprint density at radius 3 is 2.53 bits per heavy atom. The average Bonchev–Trinajstić information content (AvgIpc) is 2.47. The average molecular weight is 274 g/mol. The molecular weight excluding hydrogens is 260 g/mol. The zero-order valence-corrected chi connectivity index (χ0v) is 11.1. The molecule has 0 bridgehead atoms. The summed E-state index contributed by atoms with van der Waals surface area (Å²) in [4.78, 5) is 19.6. The molecule has 2 aromatic rings. The summed E-state index contributed by atoms with van der Waals surface area (Å²) in [7, 11) is 0.